The molecule has 3 amide bonds. The Morgan fingerprint density at radius 3 is 2.24 bits per heavy atom. The maximum Gasteiger partial charge on any atom is 0.254 e. The molecule has 0 aliphatic carbocycles. The van der Waals surface area contributed by atoms with Crippen LogP contribution in [-0.4, -0.2) is 55.5 Å². The summed E-state index contributed by atoms with van der Waals surface area (Å²) in [6.45, 7) is 3.82. The van der Waals surface area contributed by atoms with Crippen molar-refractivity contribution in [1.29, 1.82) is 0 Å². The van der Waals surface area contributed by atoms with Gasteiger partial charge in [-0.15, -0.1) is 0 Å². The zero-order valence-corrected chi connectivity index (χ0v) is 16.2. The summed E-state index contributed by atoms with van der Waals surface area (Å²) in [4.78, 5) is 37.5. The van der Waals surface area contributed by atoms with Gasteiger partial charge in [0.2, 0.25) is 11.8 Å². The quantitative estimate of drug-likeness (QED) is 0.695. The lowest BCUT2D eigenvalue weighted by Gasteiger charge is -2.26. The van der Waals surface area contributed by atoms with Crippen molar-refractivity contribution in [3.05, 3.63) is 54.1 Å². The third-order valence-electron chi connectivity index (χ3n) is 4.35. The minimum absolute atomic E-state index is 0.0170. The molecule has 8 nitrogen and oxygen atoms in total. The van der Waals surface area contributed by atoms with E-state index >= 15 is 0 Å². The number of ether oxygens (including phenoxy) is 1. The van der Waals surface area contributed by atoms with Crippen molar-refractivity contribution in [2.45, 2.75) is 6.92 Å². The van der Waals surface area contributed by atoms with E-state index in [1.54, 1.807) is 53.4 Å². The predicted molar refractivity (Wildman–Crippen MR) is 111 cm³/mol. The van der Waals surface area contributed by atoms with E-state index in [0.29, 0.717) is 43.2 Å². The summed E-state index contributed by atoms with van der Waals surface area (Å²) in [6.07, 6.45) is 0. The number of amides is 3. The van der Waals surface area contributed by atoms with Gasteiger partial charge in [-0.2, -0.15) is 0 Å². The summed E-state index contributed by atoms with van der Waals surface area (Å²) < 4.78 is 5.26. The van der Waals surface area contributed by atoms with Crippen molar-refractivity contribution in [1.82, 2.24) is 4.90 Å². The van der Waals surface area contributed by atoms with E-state index in [0.717, 1.165) is 5.69 Å². The highest BCUT2D eigenvalue weighted by Gasteiger charge is 2.18. The fourth-order valence-corrected chi connectivity index (χ4v) is 2.95. The second-order valence-electron chi connectivity index (χ2n) is 6.65. The molecule has 29 heavy (non-hydrogen) atoms. The Hall–Kier alpha value is -3.39. The van der Waals surface area contributed by atoms with E-state index in [1.807, 2.05) is 0 Å². The molecule has 2 aromatic rings. The van der Waals surface area contributed by atoms with Gasteiger partial charge in [-0.1, -0.05) is 6.07 Å². The van der Waals surface area contributed by atoms with E-state index in [4.69, 9.17) is 4.74 Å². The van der Waals surface area contributed by atoms with Crippen LogP contribution in [0.2, 0.25) is 0 Å². The molecule has 0 saturated carbocycles. The Bertz CT molecular complexity index is 877. The maximum atomic E-state index is 12.4. The van der Waals surface area contributed by atoms with Crippen molar-refractivity contribution >= 4 is 34.8 Å². The van der Waals surface area contributed by atoms with E-state index in [2.05, 4.69) is 16.0 Å². The van der Waals surface area contributed by atoms with Gasteiger partial charge in [-0.25, -0.2) is 0 Å². The number of nitrogens with zero attached hydrogens (tertiary/aromatic N) is 1. The lowest BCUT2D eigenvalue weighted by Crippen LogP contribution is -2.40. The third-order valence-corrected chi connectivity index (χ3v) is 4.35. The number of anilines is 3. The summed E-state index contributed by atoms with van der Waals surface area (Å²) in [5, 5.41) is 8.47. The number of benzene rings is 2. The molecule has 152 valence electrons. The Kier molecular flexibility index (Phi) is 6.80. The minimum Gasteiger partial charge on any atom is -0.378 e. The van der Waals surface area contributed by atoms with Crippen LogP contribution in [0.1, 0.15) is 17.3 Å². The molecular weight excluding hydrogens is 372 g/mol. The highest BCUT2D eigenvalue weighted by molar-refractivity contribution is 5.96. The first kappa shape index (κ1) is 20.3. The van der Waals surface area contributed by atoms with Crippen LogP contribution < -0.4 is 16.0 Å². The summed E-state index contributed by atoms with van der Waals surface area (Å²) in [6, 6.07) is 14.0. The van der Waals surface area contributed by atoms with Crippen LogP contribution >= 0.6 is 0 Å². The SMILES string of the molecule is CC(=O)Nc1cccc(NC(=O)CNc2ccc(C(=O)N3CCOCC3)cc2)c1. The molecule has 1 heterocycles. The predicted octanol–water partition coefficient (Wildman–Crippen LogP) is 2.17. The molecular formula is C21H24N4O4. The average molecular weight is 396 g/mol. The molecule has 0 atom stereocenters. The van der Waals surface area contributed by atoms with Crippen LogP contribution in [0.15, 0.2) is 48.5 Å². The van der Waals surface area contributed by atoms with Crippen LogP contribution in [0.5, 0.6) is 0 Å². The van der Waals surface area contributed by atoms with Gasteiger partial charge in [-0.05, 0) is 42.5 Å². The molecule has 3 N–H and O–H groups in total. The summed E-state index contributed by atoms with van der Waals surface area (Å²) in [5.74, 6) is -0.416. The third kappa shape index (κ3) is 6.05. The Balaban J connectivity index is 1.50. The molecule has 1 saturated heterocycles. The van der Waals surface area contributed by atoms with Crippen LogP contribution in [0.3, 0.4) is 0 Å². The first-order chi connectivity index (χ1) is 14.0. The lowest BCUT2D eigenvalue weighted by molar-refractivity contribution is -0.115. The molecule has 3 rings (SSSR count). The molecule has 0 bridgehead atoms. The second kappa shape index (κ2) is 9.70. The number of hydrogen-bond acceptors (Lipinski definition) is 5. The zero-order chi connectivity index (χ0) is 20.6. The molecule has 1 aliphatic heterocycles. The topological polar surface area (TPSA) is 99.8 Å². The molecule has 1 aliphatic rings. The van der Waals surface area contributed by atoms with Crippen LogP contribution in [0, 0.1) is 0 Å². The van der Waals surface area contributed by atoms with Crippen molar-refractivity contribution in [2.75, 3.05) is 48.8 Å². The van der Waals surface area contributed by atoms with Gasteiger partial charge in [0.15, 0.2) is 0 Å². The van der Waals surface area contributed by atoms with E-state index in [9.17, 15) is 14.4 Å². The second-order valence-corrected chi connectivity index (χ2v) is 6.65. The van der Waals surface area contributed by atoms with Crippen LogP contribution in [0.25, 0.3) is 0 Å². The fraction of sp³-hybridized carbons (Fsp3) is 0.286. The number of nitrogens with one attached hydrogen (secondary N) is 3. The summed E-state index contributed by atoms with van der Waals surface area (Å²) in [7, 11) is 0. The van der Waals surface area contributed by atoms with Gasteiger partial charge in [-0.3, -0.25) is 14.4 Å². The Morgan fingerprint density at radius 1 is 0.931 bits per heavy atom. The van der Waals surface area contributed by atoms with Crippen molar-refractivity contribution < 1.29 is 19.1 Å². The first-order valence-corrected chi connectivity index (χ1v) is 9.40. The molecule has 0 aromatic heterocycles. The molecule has 1 fully saturated rings. The molecule has 0 radical (unpaired) electrons. The Morgan fingerprint density at radius 2 is 1.59 bits per heavy atom. The largest absolute Gasteiger partial charge is 0.378 e. The maximum absolute atomic E-state index is 12.4. The first-order valence-electron chi connectivity index (χ1n) is 9.40. The lowest BCUT2D eigenvalue weighted by atomic mass is 10.1. The minimum atomic E-state index is -0.224. The summed E-state index contributed by atoms with van der Waals surface area (Å²) >= 11 is 0. The van der Waals surface area contributed by atoms with Crippen LogP contribution in [0.4, 0.5) is 17.1 Å². The number of rotatable bonds is 6. The van der Waals surface area contributed by atoms with Gasteiger partial charge in [0, 0.05) is 42.6 Å². The molecule has 0 spiro atoms. The Labute approximate surface area is 169 Å². The smallest absolute Gasteiger partial charge is 0.254 e. The van der Waals surface area contributed by atoms with Crippen LogP contribution in [-0.2, 0) is 14.3 Å². The van der Waals surface area contributed by atoms with Crippen molar-refractivity contribution in [3.63, 3.8) is 0 Å². The fourth-order valence-electron chi connectivity index (χ4n) is 2.95. The number of morpholine rings is 1. The van der Waals surface area contributed by atoms with Crippen molar-refractivity contribution in [3.8, 4) is 0 Å². The number of carbonyl (C=O) groups excluding carboxylic acids is 3. The normalized spacial score (nSPS) is 13.5. The van der Waals surface area contributed by atoms with E-state index in [1.165, 1.54) is 6.92 Å². The highest BCUT2D eigenvalue weighted by Crippen LogP contribution is 2.16. The monoisotopic (exact) mass is 396 g/mol. The number of carbonyl (C=O) groups is 3. The van der Waals surface area contributed by atoms with Gasteiger partial charge < -0.3 is 25.6 Å². The van der Waals surface area contributed by atoms with E-state index < -0.39 is 0 Å². The molecule has 0 unspecified atom stereocenters. The zero-order valence-electron chi connectivity index (χ0n) is 16.2. The average Bonchev–Trinajstić information content (AvgIpc) is 2.72. The highest BCUT2D eigenvalue weighted by atomic mass is 16.5. The molecule has 2 aromatic carbocycles. The van der Waals surface area contributed by atoms with Gasteiger partial charge in [0.05, 0.1) is 19.8 Å². The van der Waals surface area contributed by atoms with Gasteiger partial charge >= 0.3 is 0 Å². The standard InChI is InChI=1S/C21H24N4O4/c1-15(26)23-18-3-2-4-19(13-18)24-20(27)14-22-17-7-5-16(6-8-17)21(28)25-9-11-29-12-10-25/h2-8,13,22H,9-12,14H2,1H3,(H,23,26)(H,24,27). The van der Waals surface area contributed by atoms with Gasteiger partial charge in [0.1, 0.15) is 0 Å². The number of hydrogen-bond donors (Lipinski definition) is 3. The van der Waals surface area contributed by atoms with Gasteiger partial charge in [0.25, 0.3) is 5.91 Å². The summed E-state index contributed by atoms with van der Waals surface area (Å²) in [5.41, 5.74) is 2.56. The molecule has 8 heteroatoms. The van der Waals surface area contributed by atoms with E-state index in [-0.39, 0.29) is 24.3 Å². The van der Waals surface area contributed by atoms with Crippen molar-refractivity contribution in [2.24, 2.45) is 0 Å².